The van der Waals surface area contributed by atoms with E-state index >= 15 is 0 Å². The summed E-state index contributed by atoms with van der Waals surface area (Å²) in [6.07, 6.45) is 2.69. The van der Waals surface area contributed by atoms with E-state index in [9.17, 15) is 8.42 Å². The number of anilines is 1. The van der Waals surface area contributed by atoms with E-state index in [1.54, 1.807) is 6.07 Å². The Hall–Kier alpha value is -1.92. The summed E-state index contributed by atoms with van der Waals surface area (Å²) in [6.45, 7) is 5.21. The Labute approximate surface area is 155 Å². The molecule has 0 amide bonds. The van der Waals surface area contributed by atoms with E-state index in [-0.39, 0.29) is 4.90 Å². The smallest absolute Gasteiger partial charge is 0.177 e. The number of fused-ring (bicyclic) bond motifs is 1. The Morgan fingerprint density at radius 2 is 1.85 bits per heavy atom. The van der Waals surface area contributed by atoms with Crippen molar-refractivity contribution in [2.45, 2.75) is 17.9 Å². The molecule has 5 nitrogen and oxygen atoms in total. The first kappa shape index (κ1) is 17.5. The molecule has 0 aliphatic carbocycles. The lowest BCUT2D eigenvalue weighted by molar-refractivity contribution is 0.279. The number of sulfone groups is 1. The number of hydrogen-bond acceptors (Lipinski definition) is 5. The second-order valence-electron chi connectivity index (χ2n) is 7.69. The highest BCUT2D eigenvalue weighted by molar-refractivity contribution is 7.90. The fourth-order valence-corrected chi connectivity index (χ4v) is 5.17. The molecule has 0 N–H and O–H groups in total. The Bertz CT molecular complexity index is 911. The molecule has 0 unspecified atom stereocenters. The maximum atomic E-state index is 11.6. The molecule has 0 bridgehead atoms. The third kappa shape index (κ3) is 3.01. The van der Waals surface area contributed by atoms with Gasteiger partial charge in [-0.2, -0.15) is 0 Å². The van der Waals surface area contributed by atoms with E-state index < -0.39 is 9.84 Å². The molecule has 2 aromatic rings. The molecule has 4 rings (SSSR count). The van der Waals surface area contributed by atoms with Crippen LogP contribution in [0.1, 0.15) is 17.2 Å². The molecule has 0 spiro atoms. The van der Waals surface area contributed by atoms with Crippen molar-refractivity contribution in [1.82, 2.24) is 9.88 Å². The summed E-state index contributed by atoms with van der Waals surface area (Å²) in [4.78, 5) is 9.48. The molecule has 0 saturated carbocycles. The minimum atomic E-state index is -3.20. The molecule has 2 aliphatic heterocycles. The fraction of sp³-hybridized carbons (Fsp3) is 0.450. The number of likely N-dealkylation sites (tertiary alicyclic amines) is 1. The largest absolute Gasteiger partial charge is 0.356 e. The SMILES string of the molecule is Cc1ccccc1[C@H]1[C@@H]2CN(c3ccc(S(C)(=O)=O)cn3)C[C@@H]2CN1C. The topological polar surface area (TPSA) is 53.5 Å². The van der Waals surface area contributed by atoms with Gasteiger partial charge in [-0.15, -0.1) is 0 Å². The molecule has 2 saturated heterocycles. The van der Waals surface area contributed by atoms with E-state index in [1.807, 2.05) is 6.07 Å². The van der Waals surface area contributed by atoms with Crippen LogP contribution in [0.15, 0.2) is 47.5 Å². The van der Waals surface area contributed by atoms with Crippen LogP contribution in [-0.2, 0) is 9.84 Å². The normalized spacial score (nSPS) is 26.3. The number of benzene rings is 1. The standard InChI is InChI=1S/C20H25N3O2S/c1-14-6-4-5-7-17(14)20-18-13-23(12-15(18)11-22(20)2)19-9-8-16(10-21-19)26(3,24)25/h4-10,15,18,20H,11-13H2,1-3H3/t15-,18+,20-/m0/s1. The molecule has 26 heavy (non-hydrogen) atoms. The summed E-state index contributed by atoms with van der Waals surface area (Å²) in [5.74, 6) is 2.05. The maximum absolute atomic E-state index is 11.6. The lowest BCUT2D eigenvalue weighted by atomic mass is 9.88. The molecule has 6 heteroatoms. The number of pyridine rings is 1. The van der Waals surface area contributed by atoms with Gasteiger partial charge in [0.05, 0.1) is 4.90 Å². The number of rotatable bonds is 3. The summed E-state index contributed by atoms with van der Waals surface area (Å²) < 4.78 is 23.3. The van der Waals surface area contributed by atoms with Crippen molar-refractivity contribution in [3.8, 4) is 0 Å². The van der Waals surface area contributed by atoms with Crippen molar-refractivity contribution in [3.63, 3.8) is 0 Å². The maximum Gasteiger partial charge on any atom is 0.177 e. The molecular weight excluding hydrogens is 346 g/mol. The third-order valence-corrected chi connectivity index (χ3v) is 6.97. The number of nitrogens with zero attached hydrogens (tertiary/aromatic N) is 3. The minimum Gasteiger partial charge on any atom is -0.356 e. The van der Waals surface area contributed by atoms with Crippen molar-refractivity contribution in [2.24, 2.45) is 11.8 Å². The van der Waals surface area contributed by atoms with Gasteiger partial charge in [0.25, 0.3) is 0 Å². The van der Waals surface area contributed by atoms with Crippen molar-refractivity contribution >= 4 is 15.7 Å². The van der Waals surface area contributed by atoms with Gasteiger partial charge >= 0.3 is 0 Å². The van der Waals surface area contributed by atoms with Crippen LogP contribution in [0.4, 0.5) is 5.82 Å². The van der Waals surface area contributed by atoms with Gasteiger partial charge in [-0.3, -0.25) is 4.90 Å². The van der Waals surface area contributed by atoms with Gasteiger partial charge < -0.3 is 4.90 Å². The van der Waals surface area contributed by atoms with Gasteiger partial charge in [-0.25, -0.2) is 13.4 Å². The molecule has 0 radical (unpaired) electrons. The predicted molar refractivity (Wildman–Crippen MR) is 103 cm³/mol. The monoisotopic (exact) mass is 371 g/mol. The third-order valence-electron chi connectivity index (χ3n) is 5.87. The van der Waals surface area contributed by atoms with Gasteiger partial charge in [0.1, 0.15) is 5.82 Å². The predicted octanol–water partition coefficient (Wildman–Crippen LogP) is 2.53. The molecule has 2 aliphatic rings. The first-order chi connectivity index (χ1) is 12.3. The Balaban J connectivity index is 1.57. The quantitative estimate of drug-likeness (QED) is 0.830. The van der Waals surface area contributed by atoms with Crippen LogP contribution < -0.4 is 4.90 Å². The summed E-state index contributed by atoms with van der Waals surface area (Å²) in [5.41, 5.74) is 2.77. The second-order valence-corrected chi connectivity index (χ2v) is 9.71. The van der Waals surface area contributed by atoms with E-state index in [0.29, 0.717) is 17.9 Å². The highest BCUT2D eigenvalue weighted by Crippen LogP contribution is 2.45. The van der Waals surface area contributed by atoms with Crippen molar-refractivity contribution in [1.29, 1.82) is 0 Å². The van der Waals surface area contributed by atoms with Gasteiger partial charge in [0.15, 0.2) is 9.84 Å². The van der Waals surface area contributed by atoms with Gasteiger partial charge in [0.2, 0.25) is 0 Å². The number of hydrogen-bond donors (Lipinski definition) is 0. The van der Waals surface area contributed by atoms with Crippen LogP contribution in [0.3, 0.4) is 0 Å². The van der Waals surface area contributed by atoms with Gasteiger partial charge in [-0.1, -0.05) is 24.3 Å². The number of aryl methyl sites for hydroxylation is 1. The van der Waals surface area contributed by atoms with Crippen LogP contribution in [-0.4, -0.2) is 51.2 Å². The molecule has 3 atom stereocenters. The van der Waals surface area contributed by atoms with E-state index in [0.717, 1.165) is 25.5 Å². The summed E-state index contributed by atoms with van der Waals surface area (Å²) >= 11 is 0. The summed E-state index contributed by atoms with van der Waals surface area (Å²) in [6, 6.07) is 12.6. The number of aromatic nitrogens is 1. The van der Waals surface area contributed by atoms with Crippen LogP contribution in [0.5, 0.6) is 0 Å². The van der Waals surface area contributed by atoms with Crippen LogP contribution >= 0.6 is 0 Å². The van der Waals surface area contributed by atoms with Crippen molar-refractivity contribution in [3.05, 3.63) is 53.7 Å². The molecule has 2 fully saturated rings. The zero-order valence-electron chi connectivity index (χ0n) is 15.5. The zero-order valence-corrected chi connectivity index (χ0v) is 16.3. The van der Waals surface area contributed by atoms with Gasteiger partial charge in [-0.05, 0) is 43.1 Å². The first-order valence-corrected chi connectivity index (χ1v) is 10.9. The van der Waals surface area contributed by atoms with Gasteiger partial charge in [0, 0.05) is 44.0 Å². The lowest BCUT2D eigenvalue weighted by Crippen LogP contribution is -2.29. The van der Waals surface area contributed by atoms with Crippen LogP contribution in [0.25, 0.3) is 0 Å². The average molecular weight is 372 g/mol. The fourth-order valence-electron chi connectivity index (χ4n) is 4.61. The Morgan fingerprint density at radius 1 is 1.08 bits per heavy atom. The summed E-state index contributed by atoms with van der Waals surface area (Å²) in [5, 5.41) is 0. The van der Waals surface area contributed by atoms with Crippen molar-refractivity contribution in [2.75, 3.05) is 37.8 Å². The second kappa shape index (κ2) is 6.35. The average Bonchev–Trinajstić information content (AvgIpc) is 3.12. The lowest BCUT2D eigenvalue weighted by Gasteiger charge is -2.28. The molecular formula is C20H25N3O2S. The highest BCUT2D eigenvalue weighted by Gasteiger charge is 2.46. The first-order valence-electron chi connectivity index (χ1n) is 9.01. The van der Waals surface area contributed by atoms with E-state index in [4.69, 9.17) is 0 Å². The zero-order chi connectivity index (χ0) is 18.5. The Kier molecular flexibility index (Phi) is 4.28. The van der Waals surface area contributed by atoms with E-state index in [1.165, 1.54) is 23.6 Å². The molecule has 138 valence electrons. The summed E-state index contributed by atoms with van der Waals surface area (Å²) in [7, 11) is -0.982. The van der Waals surface area contributed by atoms with Crippen LogP contribution in [0.2, 0.25) is 0 Å². The molecule has 1 aromatic carbocycles. The molecule has 3 heterocycles. The van der Waals surface area contributed by atoms with Crippen molar-refractivity contribution < 1.29 is 8.42 Å². The molecule has 1 aromatic heterocycles. The van der Waals surface area contributed by atoms with Crippen LogP contribution in [0, 0.1) is 18.8 Å². The highest BCUT2D eigenvalue weighted by atomic mass is 32.2. The minimum absolute atomic E-state index is 0.276. The Morgan fingerprint density at radius 3 is 2.50 bits per heavy atom. The van der Waals surface area contributed by atoms with E-state index in [2.05, 4.69) is 53.0 Å².